The molecule has 10 heteroatoms. The number of hydrogen-bond acceptors (Lipinski definition) is 5. The molecule has 0 unspecified atom stereocenters. The number of aryl methyl sites for hydroxylation is 2. The number of pyridine rings is 2. The van der Waals surface area contributed by atoms with E-state index in [1.807, 2.05) is 37.3 Å². The standard InChI is InChI=1S/C33H31F3N6O/c1-21-11-12-23(14-29(21)40-30-10-6-9-28(39-30)24-8-7-13-37-18-24)31(43)42(32(3,4)5)27-16-25(33(34,35)36)15-26(17-27)41-19-22(2)38-20-41/h6-20H,1-5H3,(H,39,40). The van der Waals surface area contributed by atoms with Crippen molar-refractivity contribution in [2.75, 3.05) is 10.2 Å². The molecule has 43 heavy (non-hydrogen) atoms. The maximum absolute atomic E-state index is 14.1. The number of benzene rings is 2. The van der Waals surface area contributed by atoms with Gasteiger partial charge in [-0.05, 0) is 94.8 Å². The van der Waals surface area contributed by atoms with Gasteiger partial charge in [-0.3, -0.25) is 9.78 Å². The fourth-order valence-corrected chi connectivity index (χ4v) is 4.74. The van der Waals surface area contributed by atoms with Gasteiger partial charge in [0.2, 0.25) is 0 Å². The number of carbonyl (C=O) groups is 1. The molecule has 0 aliphatic carbocycles. The topological polar surface area (TPSA) is 75.9 Å². The highest BCUT2D eigenvalue weighted by molar-refractivity contribution is 6.07. The van der Waals surface area contributed by atoms with Crippen molar-refractivity contribution in [3.63, 3.8) is 0 Å². The maximum Gasteiger partial charge on any atom is 0.416 e. The number of alkyl halides is 3. The van der Waals surface area contributed by atoms with Crippen molar-refractivity contribution in [2.24, 2.45) is 0 Å². The lowest BCUT2D eigenvalue weighted by molar-refractivity contribution is -0.137. The van der Waals surface area contributed by atoms with E-state index in [4.69, 9.17) is 0 Å². The Morgan fingerprint density at radius 1 is 0.953 bits per heavy atom. The largest absolute Gasteiger partial charge is 0.416 e. The molecule has 7 nitrogen and oxygen atoms in total. The van der Waals surface area contributed by atoms with Crippen LogP contribution >= 0.6 is 0 Å². The van der Waals surface area contributed by atoms with Crippen LogP contribution in [-0.4, -0.2) is 31.0 Å². The summed E-state index contributed by atoms with van der Waals surface area (Å²) in [6.07, 6.45) is 1.89. The van der Waals surface area contributed by atoms with E-state index in [-0.39, 0.29) is 11.4 Å². The predicted octanol–water partition coefficient (Wildman–Crippen LogP) is 8.15. The number of amides is 1. The van der Waals surface area contributed by atoms with E-state index in [1.165, 1.54) is 15.8 Å². The summed E-state index contributed by atoms with van der Waals surface area (Å²) in [5, 5.41) is 3.30. The lowest BCUT2D eigenvalue weighted by Gasteiger charge is -2.36. The first-order valence-corrected chi connectivity index (χ1v) is 13.6. The first kappa shape index (κ1) is 29.5. The van der Waals surface area contributed by atoms with Crippen molar-refractivity contribution >= 4 is 23.1 Å². The molecule has 0 spiro atoms. The number of rotatable bonds is 6. The molecule has 220 valence electrons. The van der Waals surface area contributed by atoms with Crippen LogP contribution in [0, 0.1) is 13.8 Å². The Bertz CT molecular complexity index is 1770. The van der Waals surface area contributed by atoms with E-state index in [2.05, 4.69) is 20.3 Å². The molecule has 3 aromatic heterocycles. The van der Waals surface area contributed by atoms with Crippen LogP contribution in [0.25, 0.3) is 16.9 Å². The fraction of sp³-hybridized carbons (Fsp3) is 0.212. The van der Waals surface area contributed by atoms with Crippen LogP contribution in [0.3, 0.4) is 0 Å². The van der Waals surface area contributed by atoms with E-state index in [9.17, 15) is 18.0 Å². The highest BCUT2D eigenvalue weighted by Gasteiger charge is 2.35. The van der Waals surface area contributed by atoms with Crippen LogP contribution in [0.2, 0.25) is 0 Å². The average molecular weight is 585 g/mol. The molecular weight excluding hydrogens is 553 g/mol. The zero-order chi connectivity index (χ0) is 30.9. The van der Waals surface area contributed by atoms with Gasteiger partial charge in [0.25, 0.3) is 5.91 Å². The fourth-order valence-electron chi connectivity index (χ4n) is 4.74. The Labute approximate surface area is 248 Å². The normalized spacial score (nSPS) is 11.8. The van der Waals surface area contributed by atoms with Gasteiger partial charge < -0.3 is 14.8 Å². The number of hydrogen-bond donors (Lipinski definition) is 1. The molecular formula is C33H31F3N6O. The minimum atomic E-state index is -4.62. The molecule has 0 aliphatic rings. The van der Waals surface area contributed by atoms with Crippen molar-refractivity contribution in [2.45, 2.75) is 46.3 Å². The third-order valence-corrected chi connectivity index (χ3v) is 6.83. The molecule has 0 saturated heterocycles. The highest BCUT2D eigenvalue weighted by atomic mass is 19.4. The Kier molecular flexibility index (Phi) is 7.79. The minimum absolute atomic E-state index is 0.120. The van der Waals surface area contributed by atoms with Gasteiger partial charge >= 0.3 is 6.18 Å². The van der Waals surface area contributed by atoms with E-state index >= 15 is 0 Å². The highest BCUT2D eigenvalue weighted by Crippen LogP contribution is 2.37. The maximum atomic E-state index is 14.1. The Hall–Kier alpha value is -4.99. The van der Waals surface area contributed by atoms with Gasteiger partial charge in [0.1, 0.15) is 5.82 Å². The molecule has 0 radical (unpaired) electrons. The molecule has 0 aliphatic heterocycles. The van der Waals surface area contributed by atoms with Crippen LogP contribution in [0.15, 0.2) is 91.6 Å². The molecule has 2 aromatic carbocycles. The SMILES string of the molecule is Cc1cn(-c2cc(N(C(=O)c3ccc(C)c(Nc4cccc(-c5cccnc5)n4)c3)C(C)(C)C)cc(C(F)(F)F)c2)cn1. The Morgan fingerprint density at radius 3 is 2.40 bits per heavy atom. The van der Waals surface area contributed by atoms with Crippen LogP contribution in [-0.2, 0) is 6.18 Å². The van der Waals surface area contributed by atoms with Crippen molar-refractivity contribution in [3.05, 3.63) is 114 Å². The van der Waals surface area contributed by atoms with Gasteiger partial charge in [0.15, 0.2) is 0 Å². The Balaban J connectivity index is 1.53. The predicted molar refractivity (Wildman–Crippen MR) is 162 cm³/mol. The summed E-state index contributed by atoms with van der Waals surface area (Å²) in [7, 11) is 0. The second kappa shape index (κ2) is 11.4. The first-order valence-electron chi connectivity index (χ1n) is 13.6. The molecule has 5 aromatic rings. The van der Waals surface area contributed by atoms with Crippen molar-refractivity contribution in [1.29, 1.82) is 0 Å². The zero-order valence-electron chi connectivity index (χ0n) is 24.4. The third kappa shape index (κ3) is 6.58. The molecule has 1 N–H and O–H groups in total. The van der Waals surface area contributed by atoms with E-state index < -0.39 is 23.2 Å². The summed E-state index contributed by atoms with van der Waals surface area (Å²) in [6, 6.07) is 18.1. The number of nitrogens with one attached hydrogen (secondary N) is 1. The molecule has 0 atom stereocenters. The second-order valence-electron chi connectivity index (χ2n) is 11.3. The molecule has 0 saturated carbocycles. The van der Waals surface area contributed by atoms with Crippen molar-refractivity contribution < 1.29 is 18.0 Å². The summed E-state index contributed by atoms with van der Waals surface area (Å²) in [5.74, 6) is 0.125. The van der Waals surface area contributed by atoms with Gasteiger partial charge in [-0.1, -0.05) is 12.1 Å². The van der Waals surface area contributed by atoms with E-state index in [0.717, 1.165) is 29.0 Å². The van der Waals surface area contributed by atoms with Gasteiger partial charge in [0, 0.05) is 52.3 Å². The van der Waals surface area contributed by atoms with Crippen LogP contribution < -0.4 is 10.2 Å². The summed E-state index contributed by atoms with van der Waals surface area (Å²) >= 11 is 0. The van der Waals surface area contributed by atoms with Crippen molar-refractivity contribution in [1.82, 2.24) is 19.5 Å². The summed E-state index contributed by atoms with van der Waals surface area (Å²) < 4.78 is 43.7. The van der Waals surface area contributed by atoms with E-state index in [1.54, 1.807) is 70.6 Å². The summed E-state index contributed by atoms with van der Waals surface area (Å²) in [5.41, 5.74) is 2.72. The average Bonchev–Trinajstić information content (AvgIpc) is 3.40. The first-order chi connectivity index (χ1) is 20.3. The minimum Gasteiger partial charge on any atom is -0.340 e. The zero-order valence-corrected chi connectivity index (χ0v) is 24.4. The molecule has 0 bridgehead atoms. The molecule has 1 amide bonds. The second-order valence-corrected chi connectivity index (χ2v) is 11.3. The molecule has 3 heterocycles. The number of imidazole rings is 1. The summed E-state index contributed by atoms with van der Waals surface area (Å²) in [4.78, 5) is 28.5. The lowest BCUT2D eigenvalue weighted by atomic mass is 10.00. The smallest absolute Gasteiger partial charge is 0.340 e. The number of carbonyl (C=O) groups excluding carboxylic acids is 1. The van der Waals surface area contributed by atoms with Gasteiger partial charge in [-0.25, -0.2) is 9.97 Å². The monoisotopic (exact) mass is 584 g/mol. The number of aromatic nitrogens is 4. The van der Waals surface area contributed by atoms with Gasteiger partial charge in [-0.2, -0.15) is 13.2 Å². The van der Waals surface area contributed by atoms with Gasteiger partial charge in [0.05, 0.1) is 23.3 Å². The molecule has 5 rings (SSSR count). The lowest BCUT2D eigenvalue weighted by Crippen LogP contribution is -2.46. The quantitative estimate of drug-likeness (QED) is 0.218. The number of nitrogens with zero attached hydrogens (tertiary/aromatic N) is 5. The third-order valence-electron chi connectivity index (χ3n) is 6.83. The van der Waals surface area contributed by atoms with Crippen LogP contribution in [0.5, 0.6) is 0 Å². The van der Waals surface area contributed by atoms with Crippen LogP contribution in [0.1, 0.15) is 48.0 Å². The number of halogens is 3. The Morgan fingerprint density at radius 2 is 1.74 bits per heavy atom. The molecule has 0 fully saturated rings. The van der Waals surface area contributed by atoms with Crippen molar-refractivity contribution in [3.8, 4) is 16.9 Å². The van der Waals surface area contributed by atoms with Gasteiger partial charge in [-0.15, -0.1) is 0 Å². The summed E-state index contributed by atoms with van der Waals surface area (Å²) in [6.45, 7) is 9.01. The van der Waals surface area contributed by atoms with E-state index in [0.29, 0.717) is 22.8 Å². The number of anilines is 3. The van der Waals surface area contributed by atoms with Crippen LogP contribution in [0.4, 0.5) is 30.4 Å².